The molecule has 1 aliphatic heterocycles. The van der Waals surface area contributed by atoms with Crippen LogP contribution >= 0.6 is 0 Å². The maximum atomic E-state index is 8.99. The van der Waals surface area contributed by atoms with E-state index in [1.54, 1.807) is 0 Å². The topological polar surface area (TPSA) is 45.5 Å². The van der Waals surface area contributed by atoms with Crippen molar-refractivity contribution in [3.63, 3.8) is 0 Å². The first-order valence-electron chi connectivity index (χ1n) is 7.09. The Morgan fingerprint density at radius 1 is 1.25 bits per heavy atom. The molecule has 0 spiro atoms. The lowest BCUT2D eigenvalue weighted by molar-refractivity contribution is 0.00715. The Hall–Kier alpha value is -1.57. The van der Waals surface area contributed by atoms with E-state index in [0.29, 0.717) is 13.0 Å². The van der Waals surface area contributed by atoms with Gasteiger partial charge in [0, 0.05) is 13.1 Å². The van der Waals surface area contributed by atoms with E-state index in [2.05, 4.69) is 30.9 Å². The Labute approximate surface area is 120 Å². The minimum absolute atomic E-state index is 0.143. The van der Waals surface area contributed by atoms with Crippen LogP contribution in [0.1, 0.15) is 17.5 Å². The van der Waals surface area contributed by atoms with Crippen molar-refractivity contribution in [2.75, 3.05) is 32.9 Å². The normalized spacial score (nSPS) is 17.4. The highest BCUT2D eigenvalue weighted by atomic mass is 16.5. The van der Waals surface area contributed by atoms with Gasteiger partial charge in [0.05, 0.1) is 31.7 Å². The van der Waals surface area contributed by atoms with Crippen molar-refractivity contribution in [1.82, 2.24) is 4.90 Å². The zero-order valence-corrected chi connectivity index (χ0v) is 12.3. The molecule has 1 saturated heterocycles. The van der Waals surface area contributed by atoms with Crippen molar-refractivity contribution < 1.29 is 9.47 Å². The Kier molecular flexibility index (Phi) is 5.40. The molecule has 20 heavy (non-hydrogen) atoms. The number of nitriles is 1. The second-order valence-corrected chi connectivity index (χ2v) is 5.30. The predicted octanol–water partition coefficient (Wildman–Crippen LogP) is 2.30. The van der Waals surface area contributed by atoms with E-state index in [-0.39, 0.29) is 6.04 Å². The molecule has 0 bridgehead atoms. The van der Waals surface area contributed by atoms with Gasteiger partial charge in [-0.25, -0.2) is 0 Å². The largest absolute Gasteiger partial charge is 0.492 e. The van der Waals surface area contributed by atoms with Crippen molar-refractivity contribution in [3.05, 3.63) is 29.3 Å². The van der Waals surface area contributed by atoms with Crippen LogP contribution < -0.4 is 4.74 Å². The van der Waals surface area contributed by atoms with Gasteiger partial charge >= 0.3 is 0 Å². The van der Waals surface area contributed by atoms with Crippen LogP contribution in [-0.2, 0) is 4.74 Å². The summed E-state index contributed by atoms with van der Waals surface area (Å²) in [4.78, 5) is 2.29. The number of hydrogen-bond donors (Lipinski definition) is 0. The monoisotopic (exact) mass is 274 g/mol. The fourth-order valence-corrected chi connectivity index (χ4v) is 2.55. The summed E-state index contributed by atoms with van der Waals surface area (Å²) in [5.74, 6) is 0.888. The summed E-state index contributed by atoms with van der Waals surface area (Å²) >= 11 is 0. The van der Waals surface area contributed by atoms with Gasteiger partial charge in [-0.1, -0.05) is 6.07 Å². The Balaban J connectivity index is 1.95. The molecule has 1 aliphatic rings. The highest BCUT2D eigenvalue weighted by Crippen LogP contribution is 2.17. The summed E-state index contributed by atoms with van der Waals surface area (Å²) in [5, 5.41) is 8.99. The van der Waals surface area contributed by atoms with Gasteiger partial charge in [-0.05, 0) is 37.1 Å². The Morgan fingerprint density at radius 2 is 1.90 bits per heavy atom. The fourth-order valence-electron chi connectivity index (χ4n) is 2.55. The van der Waals surface area contributed by atoms with Crippen LogP contribution in [0, 0.1) is 25.2 Å². The molecule has 0 radical (unpaired) electrons. The summed E-state index contributed by atoms with van der Waals surface area (Å²) in [6, 6.07) is 8.61. The average molecular weight is 274 g/mol. The third-order valence-electron chi connectivity index (χ3n) is 3.53. The first kappa shape index (κ1) is 14.8. The van der Waals surface area contributed by atoms with E-state index in [0.717, 1.165) is 32.1 Å². The molecule has 4 nitrogen and oxygen atoms in total. The molecule has 0 N–H and O–H groups in total. The van der Waals surface area contributed by atoms with Gasteiger partial charge in [0.1, 0.15) is 12.4 Å². The maximum Gasteiger partial charge on any atom is 0.119 e. The number of ether oxygens (including phenoxy) is 2. The highest BCUT2D eigenvalue weighted by molar-refractivity contribution is 5.33. The number of benzene rings is 1. The molecule has 0 aromatic heterocycles. The molecule has 4 heteroatoms. The quantitative estimate of drug-likeness (QED) is 0.826. The van der Waals surface area contributed by atoms with Gasteiger partial charge in [0.15, 0.2) is 0 Å². The van der Waals surface area contributed by atoms with Gasteiger partial charge in [-0.3, -0.25) is 4.90 Å². The van der Waals surface area contributed by atoms with E-state index >= 15 is 0 Å². The van der Waals surface area contributed by atoms with Crippen molar-refractivity contribution in [1.29, 1.82) is 5.26 Å². The summed E-state index contributed by atoms with van der Waals surface area (Å²) in [6.07, 6.45) is 0.491. The number of rotatable bonds is 5. The van der Waals surface area contributed by atoms with Crippen LogP contribution in [0.3, 0.4) is 0 Å². The molecule has 1 aromatic carbocycles. The van der Waals surface area contributed by atoms with E-state index in [1.165, 1.54) is 11.1 Å². The lowest BCUT2D eigenvalue weighted by Crippen LogP contribution is -2.46. The Morgan fingerprint density at radius 3 is 2.50 bits per heavy atom. The van der Waals surface area contributed by atoms with Gasteiger partial charge < -0.3 is 9.47 Å². The lowest BCUT2D eigenvalue weighted by atomic mass is 10.1. The number of nitrogens with zero attached hydrogens (tertiary/aromatic N) is 2. The van der Waals surface area contributed by atoms with Crippen LogP contribution in [-0.4, -0.2) is 43.9 Å². The average Bonchev–Trinajstić information content (AvgIpc) is 2.43. The first-order chi connectivity index (χ1) is 9.69. The zero-order chi connectivity index (χ0) is 14.4. The van der Waals surface area contributed by atoms with Gasteiger partial charge in [0.25, 0.3) is 0 Å². The molecule has 1 unspecified atom stereocenters. The van der Waals surface area contributed by atoms with E-state index < -0.39 is 0 Å². The third-order valence-corrected chi connectivity index (χ3v) is 3.53. The number of aryl methyl sites for hydroxylation is 2. The zero-order valence-electron chi connectivity index (χ0n) is 12.3. The van der Waals surface area contributed by atoms with Crippen LogP contribution in [0.2, 0.25) is 0 Å². The van der Waals surface area contributed by atoms with Gasteiger partial charge in [0.2, 0.25) is 0 Å². The summed E-state index contributed by atoms with van der Waals surface area (Å²) in [6.45, 7) is 7.92. The first-order valence-corrected chi connectivity index (χ1v) is 7.09. The molecule has 1 fully saturated rings. The lowest BCUT2D eigenvalue weighted by Gasteiger charge is -2.33. The summed E-state index contributed by atoms with van der Waals surface area (Å²) in [5.41, 5.74) is 2.39. The van der Waals surface area contributed by atoms with Gasteiger partial charge in [-0.15, -0.1) is 0 Å². The third kappa shape index (κ3) is 4.22. The van der Waals surface area contributed by atoms with Crippen molar-refractivity contribution in [2.24, 2.45) is 0 Å². The minimum Gasteiger partial charge on any atom is -0.492 e. The number of morpholine rings is 1. The fraction of sp³-hybridized carbons (Fsp3) is 0.562. The standard InChI is InChI=1S/C16H22N2O2/c1-13-9-14(2)11-16(10-13)20-12-15(3-4-17)18-5-7-19-8-6-18/h9-11,15H,3,5-8,12H2,1-2H3. The second-order valence-electron chi connectivity index (χ2n) is 5.30. The van der Waals surface area contributed by atoms with Crippen molar-refractivity contribution >= 4 is 0 Å². The van der Waals surface area contributed by atoms with E-state index in [9.17, 15) is 0 Å². The highest BCUT2D eigenvalue weighted by Gasteiger charge is 2.21. The molecular weight excluding hydrogens is 252 g/mol. The molecule has 1 atom stereocenters. The molecule has 0 aliphatic carbocycles. The summed E-state index contributed by atoms with van der Waals surface area (Å²) in [7, 11) is 0. The molecule has 1 aromatic rings. The van der Waals surface area contributed by atoms with Crippen molar-refractivity contribution in [3.8, 4) is 11.8 Å². The molecule has 0 amide bonds. The smallest absolute Gasteiger partial charge is 0.119 e. The SMILES string of the molecule is Cc1cc(C)cc(OCC(CC#N)N2CCOCC2)c1. The summed E-state index contributed by atoms with van der Waals surface area (Å²) < 4.78 is 11.3. The van der Waals surface area contributed by atoms with Crippen LogP contribution in [0.5, 0.6) is 5.75 Å². The maximum absolute atomic E-state index is 8.99. The molecular formula is C16H22N2O2. The van der Waals surface area contributed by atoms with Gasteiger partial charge in [-0.2, -0.15) is 5.26 Å². The second kappa shape index (κ2) is 7.28. The van der Waals surface area contributed by atoms with E-state index in [1.807, 2.05) is 12.1 Å². The predicted molar refractivity (Wildman–Crippen MR) is 77.8 cm³/mol. The van der Waals surface area contributed by atoms with Crippen LogP contribution in [0.15, 0.2) is 18.2 Å². The molecule has 0 saturated carbocycles. The molecule has 2 rings (SSSR count). The van der Waals surface area contributed by atoms with Crippen LogP contribution in [0.4, 0.5) is 0 Å². The molecule has 1 heterocycles. The molecule has 108 valence electrons. The van der Waals surface area contributed by atoms with Crippen molar-refractivity contribution in [2.45, 2.75) is 26.3 Å². The Bertz CT molecular complexity index is 456. The number of hydrogen-bond acceptors (Lipinski definition) is 4. The van der Waals surface area contributed by atoms with Crippen LogP contribution in [0.25, 0.3) is 0 Å². The van der Waals surface area contributed by atoms with E-state index in [4.69, 9.17) is 14.7 Å². The minimum atomic E-state index is 0.143.